The molecule has 1 N–H and O–H groups in total. The number of aryl methyl sites for hydroxylation is 1. The van der Waals surface area contributed by atoms with E-state index in [0.29, 0.717) is 33.7 Å². The van der Waals surface area contributed by atoms with E-state index in [2.05, 4.69) is 29.9 Å². The maximum atomic E-state index is 13.5. The van der Waals surface area contributed by atoms with Gasteiger partial charge in [-0.3, -0.25) is 9.29 Å². The van der Waals surface area contributed by atoms with Crippen LogP contribution in [0.4, 0.5) is 5.95 Å². The molecule has 0 saturated heterocycles. The first kappa shape index (κ1) is 26.5. The SMILES string of the molecule is COc1cccc(-c2nnc(NS(=O)(=O)C(C)C(OC)c3ncc(C)cn3)n2-c2cccc(Cl)c2C)n1. The highest BCUT2D eigenvalue weighted by Gasteiger charge is 2.34. The summed E-state index contributed by atoms with van der Waals surface area (Å²) in [6.45, 7) is 5.17. The van der Waals surface area contributed by atoms with Crippen LogP contribution in [0.3, 0.4) is 0 Å². The van der Waals surface area contributed by atoms with Gasteiger partial charge in [0.25, 0.3) is 0 Å². The van der Waals surface area contributed by atoms with E-state index in [1.807, 2.05) is 13.8 Å². The monoisotopic (exact) mass is 543 g/mol. The summed E-state index contributed by atoms with van der Waals surface area (Å²) in [5.41, 5.74) is 2.54. The van der Waals surface area contributed by atoms with Crippen molar-refractivity contribution in [3.8, 4) is 23.1 Å². The number of hydrogen-bond acceptors (Lipinski definition) is 9. The fourth-order valence-corrected chi connectivity index (χ4v) is 4.98. The Balaban J connectivity index is 1.80. The molecule has 3 heterocycles. The molecule has 0 aliphatic heterocycles. The van der Waals surface area contributed by atoms with Crippen molar-refractivity contribution in [3.05, 3.63) is 70.8 Å². The summed E-state index contributed by atoms with van der Waals surface area (Å²) in [6.07, 6.45) is 2.28. The van der Waals surface area contributed by atoms with Crippen LogP contribution < -0.4 is 9.46 Å². The van der Waals surface area contributed by atoms with Crippen LogP contribution in [0.15, 0.2) is 48.8 Å². The molecule has 194 valence electrons. The number of aromatic nitrogens is 6. The van der Waals surface area contributed by atoms with Crippen molar-refractivity contribution < 1.29 is 17.9 Å². The average Bonchev–Trinajstić information content (AvgIpc) is 3.29. The first-order valence-corrected chi connectivity index (χ1v) is 13.1. The Morgan fingerprint density at radius 3 is 2.41 bits per heavy atom. The Labute approximate surface area is 219 Å². The van der Waals surface area contributed by atoms with Gasteiger partial charge < -0.3 is 9.47 Å². The number of nitrogens with one attached hydrogen (secondary N) is 1. The molecule has 0 fully saturated rings. The van der Waals surface area contributed by atoms with Gasteiger partial charge >= 0.3 is 0 Å². The predicted molar refractivity (Wildman–Crippen MR) is 139 cm³/mol. The normalized spacial score (nSPS) is 13.2. The molecule has 11 nitrogen and oxygen atoms in total. The van der Waals surface area contributed by atoms with Crippen LogP contribution in [0.5, 0.6) is 5.88 Å². The van der Waals surface area contributed by atoms with Crippen LogP contribution in [0.1, 0.15) is 30.0 Å². The molecule has 0 aliphatic rings. The molecule has 0 spiro atoms. The van der Waals surface area contributed by atoms with E-state index in [1.165, 1.54) is 21.1 Å². The Morgan fingerprint density at radius 1 is 1.03 bits per heavy atom. The van der Waals surface area contributed by atoms with E-state index in [9.17, 15) is 8.42 Å². The molecule has 4 rings (SSSR count). The third-order valence-electron chi connectivity index (χ3n) is 5.76. The summed E-state index contributed by atoms with van der Waals surface area (Å²) in [6, 6.07) is 10.4. The zero-order valence-electron chi connectivity index (χ0n) is 20.9. The number of pyridine rings is 1. The lowest BCUT2D eigenvalue weighted by atomic mass is 10.2. The minimum Gasteiger partial charge on any atom is -0.481 e. The maximum Gasteiger partial charge on any atom is 0.243 e. The Morgan fingerprint density at radius 2 is 1.73 bits per heavy atom. The molecule has 0 saturated carbocycles. The van der Waals surface area contributed by atoms with E-state index in [4.69, 9.17) is 21.1 Å². The summed E-state index contributed by atoms with van der Waals surface area (Å²) in [4.78, 5) is 12.9. The van der Waals surface area contributed by atoms with Crippen LogP contribution in [0, 0.1) is 13.8 Å². The van der Waals surface area contributed by atoms with E-state index in [-0.39, 0.29) is 11.8 Å². The number of ether oxygens (including phenoxy) is 2. The van der Waals surface area contributed by atoms with Gasteiger partial charge in [0.2, 0.25) is 21.9 Å². The van der Waals surface area contributed by atoms with Gasteiger partial charge in [0.1, 0.15) is 17.0 Å². The number of benzene rings is 1. The standard InChI is InChI=1S/C24H26ClN7O4S/c1-14-12-26-22(27-13-14)21(36-5)16(3)37(33,34)31-24-30-29-23(18-9-7-11-20(28-18)35-4)32(24)19-10-6-8-17(25)15(19)2/h6-13,16,21H,1-5H3,(H,30,31). The second-order valence-electron chi connectivity index (χ2n) is 8.26. The molecule has 2 atom stereocenters. The second-order valence-corrected chi connectivity index (χ2v) is 10.7. The third-order valence-corrected chi connectivity index (χ3v) is 7.87. The predicted octanol–water partition coefficient (Wildman–Crippen LogP) is 3.92. The van der Waals surface area contributed by atoms with Crippen LogP contribution in [-0.2, 0) is 14.8 Å². The summed E-state index contributed by atoms with van der Waals surface area (Å²) in [7, 11) is -1.16. The van der Waals surface area contributed by atoms with Crippen molar-refractivity contribution in [1.29, 1.82) is 0 Å². The molecular weight excluding hydrogens is 518 g/mol. The van der Waals surface area contributed by atoms with Crippen LogP contribution in [0.25, 0.3) is 17.2 Å². The van der Waals surface area contributed by atoms with Gasteiger partial charge in [0.15, 0.2) is 11.6 Å². The van der Waals surface area contributed by atoms with Crippen molar-refractivity contribution >= 4 is 27.6 Å². The molecule has 3 aromatic heterocycles. The van der Waals surface area contributed by atoms with E-state index in [1.54, 1.807) is 53.4 Å². The largest absolute Gasteiger partial charge is 0.481 e. The summed E-state index contributed by atoms with van der Waals surface area (Å²) in [5.74, 6) is 0.863. The number of hydrogen-bond donors (Lipinski definition) is 1. The fourth-order valence-electron chi connectivity index (χ4n) is 3.68. The highest BCUT2D eigenvalue weighted by atomic mass is 35.5. The first-order valence-electron chi connectivity index (χ1n) is 11.2. The first-order chi connectivity index (χ1) is 17.7. The summed E-state index contributed by atoms with van der Waals surface area (Å²) < 4.78 is 41.9. The smallest absolute Gasteiger partial charge is 0.243 e. The Kier molecular flexibility index (Phi) is 7.71. The summed E-state index contributed by atoms with van der Waals surface area (Å²) >= 11 is 6.39. The number of halogens is 1. The molecular formula is C24H26ClN7O4S. The molecule has 37 heavy (non-hydrogen) atoms. The molecule has 1 aromatic carbocycles. The fraction of sp³-hybridized carbons (Fsp3) is 0.292. The van der Waals surface area contributed by atoms with Crippen LogP contribution >= 0.6 is 11.6 Å². The topological polar surface area (TPSA) is 134 Å². The number of methoxy groups -OCH3 is 2. The zero-order chi connectivity index (χ0) is 26.7. The molecule has 13 heteroatoms. The number of anilines is 1. The van der Waals surface area contributed by atoms with Gasteiger partial charge in [-0.2, -0.15) is 0 Å². The summed E-state index contributed by atoms with van der Waals surface area (Å²) in [5, 5.41) is 7.83. The minimum absolute atomic E-state index is 0.0449. The van der Waals surface area contributed by atoms with E-state index in [0.717, 1.165) is 5.56 Å². The lowest BCUT2D eigenvalue weighted by molar-refractivity contribution is 0.0949. The lowest BCUT2D eigenvalue weighted by Crippen LogP contribution is -2.33. The zero-order valence-corrected chi connectivity index (χ0v) is 22.4. The highest BCUT2D eigenvalue weighted by molar-refractivity contribution is 7.93. The highest BCUT2D eigenvalue weighted by Crippen LogP contribution is 2.31. The van der Waals surface area contributed by atoms with Crippen molar-refractivity contribution in [1.82, 2.24) is 29.7 Å². The van der Waals surface area contributed by atoms with Gasteiger partial charge in [-0.15, -0.1) is 10.2 Å². The minimum atomic E-state index is -4.07. The van der Waals surface area contributed by atoms with Gasteiger partial charge in [-0.25, -0.2) is 23.4 Å². The van der Waals surface area contributed by atoms with Gasteiger partial charge in [0, 0.05) is 30.6 Å². The van der Waals surface area contributed by atoms with Crippen molar-refractivity contribution in [2.45, 2.75) is 32.1 Å². The van der Waals surface area contributed by atoms with E-state index < -0.39 is 21.4 Å². The Hall–Kier alpha value is -3.61. The van der Waals surface area contributed by atoms with Gasteiger partial charge in [-0.1, -0.05) is 23.7 Å². The molecule has 0 bridgehead atoms. The number of sulfonamides is 1. The average molecular weight is 544 g/mol. The molecule has 4 aromatic rings. The van der Waals surface area contributed by atoms with Crippen LogP contribution in [0.2, 0.25) is 5.02 Å². The number of rotatable bonds is 9. The van der Waals surface area contributed by atoms with Gasteiger partial charge in [0.05, 0.1) is 12.8 Å². The molecule has 0 amide bonds. The second kappa shape index (κ2) is 10.8. The lowest BCUT2D eigenvalue weighted by Gasteiger charge is -2.22. The number of nitrogens with zero attached hydrogens (tertiary/aromatic N) is 6. The molecule has 0 radical (unpaired) electrons. The third kappa shape index (κ3) is 5.41. The molecule has 0 aliphatic carbocycles. The Bertz CT molecular complexity index is 1510. The maximum absolute atomic E-state index is 13.5. The van der Waals surface area contributed by atoms with Crippen molar-refractivity contribution in [3.63, 3.8) is 0 Å². The van der Waals surface area contributed by atoms with Crippen molar-refractivity contribution in [2.75, 3.05) is 18.9 Å². The van der Waals surface area contributed by atoms with Crippen LogP contribution in [-0.4, -0.2) is 57.6 Å². The molecule has 2 unspecified atom stereocenters. The quantitative estimate of drug-likeness (QED) is 0.333. The van der Waals surface area contributed by atoms with Crippen molar-refractivity contribution in [2.24, 2.45) is 0 Å². The van der Waals surface area contributed by atoms with Gasteiger partial charge in [-0.05, 0) is 50.1 Å². The van der Waals surface area contributed by atoms with E-state index >= 15 is 0 Å².